The van der Waals surface area contributed by atoms with Crippen molar-refractivity contribution in [2.24, 2.45) is 5.73 Å². The minimum atomic E-state index is 0.0106. The molecule has 3 unspecified atom stereocenters. The predicted molar refractivity (Wildman–Crippen MR) is 77.1 cm³/mol. The third-order valence-corrected chi connectivity index (χ3v) is 5.35. The molecule has 4 heteroatoms. The Morgan fingerprint density at radius 3 is 2.94 bits per heavy atom. The van der Waals surface area contributed by atoms with Gasteiger partial charge in [0, 0.05) is 24.1 Å². The van der Waals surface area contributed by atoms with Crippen LogP contribution >= 0.6 is 11.3 Å². The average Bonchev–Trinajstić information content (AvgIpc) is 2.98. The molecule has 1 aromatic rings. The van der Waals surface area contributed by atoms with E-state index in [0.717, 1.165) is 19.4 Å². The van der Waals surface area contributed by atoms with Crippen molar-refractivity contribution in [3.05, 3.63) is 22.4 Å². The lowest BCUT2D eigenvalue weighted by atomic mass is 9.88. The van der Waals surface area contributed by atoms with Crippen LogP contribution in [0.2, 0.25) is 0 Å². The SMILES string of the molecule is CC(Cc1cccs1)N(C)C1(CN)CCOC1C. The molecule has 0 spiro atoms. The number of nitrogens with zero attached hydrogens (tertiary/aromatic N) is 1. The Balaban J connectivity index is 2.07. The number of nitrogens with two attached hydrogens (primary N) is 1. The molecule has 1 aromatic heterocycles. The molecule has 1 aliphatic heterocycles. The van der Waals surface area contributed by atoms with Gasteiger partial charge in [-0.2, -0.15) is 0 Å². The maximum Gasteiger partial charge on any atom is 0.0743 e. The molecule has 1 saturated heterocycles. The fourth-order valence-corrected chi connectivity index (χ4v) is 3.77. The van der Waals surface area contributed by atoms with Gasteiger partial charge in [-0.1, -0.05) is 6.07 Å². The summed E-state index contributed by atoms with van der Waals surface area (Å²) < 4.78 is 5.75. The number of likely N-dealkylation sites (N-methyl/N-ethyl adjacent to an activating group) is 1. The van der Waals surface area contributed by atoms with Gasteiger partial charge in [0.05, 0.1) is 11.6 Å². The van der Waals surface area contributed by atoms with Crippen molar-refractivity contribution in [2.75, 3.05) is 20.2 Å². The molecule has 3 nitrogen and oxygen atoms in total. The highest BCUT2D eigenvalue weighted by Gasteiger charge is 2.45. The summed E-state index contributed by atoms with van der Waals surface area (Å²) >= 11 is 1.83. The van der Waals surface area contributed by atoms with E-state index in [9.17, 15) is 0 Å². The molecule has 2 N–H and O–H groups in total. The van der Waals surface area contributed by atoms with Crippen molar-refractivity contribution in [3.63, 3.8) is 0 Å². The first-order valence-corrected chi connectivity index (χ1v) is 7.55. The van der Waals surface area contributed by atoms with Crippen LogP contribution in [0.25, 0.3) is 0 Å². The first-order chi connectivity index (χ1) is 8.60. The van der Waals surface area contributed by atoms with Gasteiger partial charge in [-0.15, -0.1) is 11.3 Å². The normalized spacial score (nSPS) is 29.9. The summed E-state index contributed by atoms with van der Waals surface area (Å²) in [6, 6.07) is 4.81. The average molecular weight is 268 g/mol. The van der Waals surface area contributed by atoms with Crippen LogP contribution in [0, 0.1) is 0 Å². The molecule has 2 rings (SSSR count). The molecule has 0 bridgehead atoms. The zero-order chi connectivity index (χ0) is 13.2. The predicted octanol–water partition coefficient (Wildman–Crippen LogP) is 2.12. The summed E-state index contributed by atoms with van der Waals surface area (Å²) in [5.41, 5.74) is 6.06. The maximum atomic E-state index is 6.05. The van der Waals surface area contributed by atoms with Crippen molar-refractivity contribution < 1.29 is 4.74 Å². The van der Waals surface area contributed by atoms with E-state index < -0.39 is 0 Å². The summed E-state index contributed by atoms with van der Waals surface area (Å²) in [4.78, 5) is 3.87. The third kappa shape index (κ3) is 2.48. The fraction of sp³-hybridized carbons (Fsp3) is 0.714. The molecule has 0 saturated carbocycles. The van der Waals surface area contributed by atoms with Crippen LogP contribution in [0.3, 0.4) is 0 Å². The second kappa shape index (κ2) is 5.70. The first-order valence-electron chi connectivity index (χ1n) is 6.67. The highest BCUT2D eigenvalue weighted by atomic mass is 32.1. The quantitative estimate of drug-likeness (QED) is 0.889. The van der Waals surface area contributed by atoms with E-state index >= 15 is 0 Å². The van der Waals surface area contributed by atoms with Crippen LogP contribution in [0.4, 0.5) is 0 Å². The van der Waals surface area contributed by atoms with Gasteiger partial charge in [0.1, 0.15) is 0 Å². The number of ether oxygens (including phenoxy) is 1. The minimum Gasteiger partial charge on any atom is -0.376 e. The highest BCUT2D eigenvalue weighted by Crippen LogP contribution is 2.32. The zero-order valence-corrected chi connectivity index (χ0v) is 12.4. The number of thiophene rings is 1. The molecule has 0 aliphatic carbocycles. The van der Waals surface area contributed by atoms with E-state index in [0.29, 0.717) is 12.6 Å². The molecular weight excluding hydrogens is 244 g/mol. The van der Waals surface area contributed by atoms with Gasteiger partial charge < -0.3 is 10.5 Å². The monoisotopic (exact) mass is 268 g/mol. The van der Waals surface area contributed by atoms with E-state index in [1.54, 1.807) is 0 Å². The summed E-state index contributed by atoms with van der Waals surface area (Å²) in [7, 11) is 2.19. The fourth-order valence-electron chi connectivity index (χ4n) is 2.94. The smallest absolute Gasteiger partial charge is 0.0743 e. The van der Waals surface area contributed by atoms with Crippen molar-refractivity contribution in [2.45, 2.75) is 44.4 Å². The largest absolute Gasteiger partial charge is 0.376 e. The molecule has 2 heterocycles. The van der Waals surface area contributed by atoms with Crippen LogP contribution < -0.4 is 5.73 Å². The number of hydrogen-bond acceptors (Lipinski definition) is 4. The van der Waals surface area contributed by atoms with Gasteiger partial charge in [0.15, 0.2) is 0 Å². The summed E-state index contributed by atoms with van der Waals surface area (Å²) in [6.45, 7) is 5.92. The van der Waals surface area contributed by atoms with Gasteiger partial charge in [0.25, 0.3) is 0 Å². The second-order valence-electron chi connectivity index (χ2n) is 5.31. The molecule has 1 aliphatic rings. The zero-order valence-electron chi connectivity index (χ0n) is 11.6. The first kappa shape index (κ1) is 14.0. The Bertz CT molecular complexity index is 368. The molecule has 1 fully saturated rings. The summed E-state index contributed by atoms with van der Waals surface area (Å²) in [5, 5.41) is 2.14. The minimum absolute atomic E-state index is 0.0106. The molecule has 0 amide bonds. The lowest BCUT2D eigenvalue weighted by Gasteiger charge is -2.43. The van der Waals surface area contributed by atoms with Crippen LogP contribution in [-0.4, -0.2) is 42.8 Å². The van der Waals surface area contributed by atoms with Crippen molar-refractivity contribution in [3.8, 4) is 0 Å². The van der Waals surface area contributed by atoms with Crippen molar-refractivity contribution in [1.29, 1.82) is 0 Å². The molecule has 0 radical (unpaired) electrons. The number of rotatable bonds is 5. The molecule has 0 aromatic carbocycles. The lowest BCUT2D eigenvalue weighted by molar-refractivity contribution is 0.0101. The standard InChI is InChI=1S/C14H24N2OS/c1-11(9-13-5-4-8-18-13)16(3)14(10-15)6-7-17-12(14)2/h4-5,8,11-12H,6-7,9-10,15H2,1-3H3. The van der Waals surface area contributed by atoms with Gasteiger partial charge in [-0.3, -0.25) is 4.90 Å². The van der Waals surface area contributed by atoms with E-state index in [1.807, 2.05) is 11.3 Å². The Labute approximate surface area is 114 Å². The lowest BCUT2D eigenvalue weighted by Crippen LogP contribution is -2.59. The Morgan fingerprint density at radius 1 is 1.67 bits per heavy atom. The van der Waals surface area contributed by atoms with Crippen LogP contribution in [0.15, 0.2) is 17.5 Å². The van der Waals surface area contributed by atoms with E-state index in [-0.39, 0.29) is 11.6 Å². The van der Waals surface area contributed by atoms with Crippen LogP contribution in [0.5, 0.6) is 0 Å². The van der Waals surface area contributed by atoms with Crippen molar-refractivity contribution in [1.82, 2.24) is 4.90 Å². The Morgan fingerprint density at radius 2 is 2.44 bits per heavy atom. The topological polar surface area (TPSA) is 38.5 Å². The molecule has 18 heavy (non-hydrogen) atoms. The maximum absolute atomic E-state index is 6.05. The van der Waals surface area contributed by atoms with Crippen molar-refractivity contribution >= 4 is 11.3 Å². The van der Waals surface area contributed by atoms with Gasteiger partial charge >= 0.3 is 0 Å². The molecule has 102 valence electrons. The van der Waals surface area contributed by atoms with Gasteiger partial charge in [-0.05, 0) is 45.2 Å². The highest BCUT2D eigenvalue weighted by molar-refractivity contribution is 7.09. The van der Waals surface area contributed by atoms with E-state index in [1.165, 1.54) is 4.88 Å². The van der Waals surface area contributed by atoms with Crippen LogP contribution in [-0.2, 0) is 11.2 Å². The third-order valence-electron chi connectivity index (χ3n) is 4.45. The molecule has 3 atom stereocenters. The Kier molecular flexibility index (Phi) is 4.43. The van der Waals surface area contributed by atoms with E-state index in [4.69, 9.17) is 10.5 Å². The van der Waals surface area contributed by atoms with Gasteiger partial charge in [0.2, 0.25) is 0 Å². The van der Waals surface area contributed by atoms with Crippen LogP contribution in [0.1, 0.15) is 25.1 Å². The Hall–Kier alpha value is -0.420. The van der Waals surface area contributed by atoms with E-state index in [2.05, 4.69) is 43.3 Å². The summed E-state index contributed by atoms with van der Waals surface area (Å²) in [5.74, 6) is 0. The van der Waals surface area contributed by atoms with Gasteiger partial charge in [-0.25, -0.2) is 0 Å². The number of hydrogen-bond donors (Lipinski definition) is 1. The summed E-state index contributed by atoms with van der Waals surface area (Å²) in [6.07, 6.45) is 2.34. The molecular formula is C14H24N2OS. The second-order valence-corrected chi connectivity index (χ2v) is 6.35.